The van der Waals surface area contributed by atoms with Crippen LogP contribution in [0.2, 0.25) is 0 Å². The summed E-state index contributed by atoms with van der Waals surface area (Å²) >= 11 is 1.34. The van der Waals surface area contributed by atoms with Crippen LogP contribution in [0.1, 0.15) is 10.5 Å². The molecule has 16 heavy (non-hydrogen) atoms. The van der Waals surface area contributed by atoms with Gasteiger partial charge in [-0.25, -0.2) is 15.0 Å². The van der Waals surface area contributed by atoms with Crippen molar-refractivity contribution in [2.75, 3.05) is 6.26 Å². The number of H-pyrrole nitrogens is 1. The van der Waals surface area contributed by atoms with E-state index in [1.165, 1.54) is 18.0 Å². The molecule has 0 fully saturated rings. The van der Waals surface area contributed by atoms with E-state index in [0.29, 0.717) is 10.7 Å². The van der Waals surface area contributed by atoms with Gasteiger partial charge in [0.25, 0.3) is 11.5 Å². The maximum atomic E-state index is 11.4. The molecule has 1 amide bonds. The fourth-order valence-corrected chi connectivity index (χ4v) is 1.48. The molecule has 2 heterocycles. The Kier molecular flexibility index (Phi) is 2.57. The minimum absolute atomic E-state index is 0.286. The van der Waals surface area contributed by atoms with Gasteiger partial charge in [-0.3, -0.25) is 9.59 Å². The Balaban J connectivity index is 2.74. The topological polar surface area (TPSA) is 115 Å². The quantitative estimate of drug-likeness (QED) is 0.539. The standard InChI is InChI=1S/C8H7N5O2S/c1-16-8-10-2-3-6(13-8)12-7(15)4(11-3)5(9)14/h2H,1H3,(H2,9,14)(H,10,12,13,15). The van der Waals surface area contributed by atoms with Crippen LogP contribution in [-0.4, -0.2) is 32.1 Å². The molecule has 0 spiro atoms. The molecule has 0 aliphatic rings. The van der Waals surface area contributed by atoms with Crippen LogP contribution in [0.4, 0.5) is 0 Å². The van der Waals surface area contributed by atoms with Gasteiger partial charge in [0.1, 0.15) is 5.52 Å². The second-order valence-electron chi connectivity index (χ2n) is 2.87. The first-order valence-corrected chi connectivity index (χ1v) is 5.45. The third-order valence-electron chi connectivity index (χ3n) is 1.84. The van der Waals surface area contributed by atoms with Crippen molar-refractivity contribution in [2.45, 2.75) is 5.16 Å². The second-order valence-corrected chi connectivity index (χ2v) is 3.64. The summed E-state index contributed by atoms with van der Waals surface area (Å²) in [5.41, 5.74) is 4.62. The number of fused-ring (bicyclic) bond motifs is 1. The predicted molar refractivity (Wildman–Crippen MR) is 58.3 cm³/mol. The summed E-state index contributed by atoms with van der Waals surface area (Å²) < 4.78 is 0. The number of aromatic amines is 1. The molecule has 0 atom stereocenters. The van der Waals surface area contributed by atoms with Crippen LogP contribution in [-0.2, 0) is 0 Å². The highest BCUT2D eigenvalue weighted by atomic mass is 32.2. The molecule has 3 N–H and O–H groups in total. The van der Waals surface area contributed by atoms with Gasteiger partial charge < -0.3 is 10.7 Å². The van der Waals surface area contributed by atoms with Gasteiger partial charge >= 0.3 is 0 Å². The molecule has 8 heteroatoms. The van der Waals surface area contributed by atoms with Crippen molar-refractivity contribution in [3.05, 3.63) is 22.2 Å². The molecule has 0 bridgehead atoms. The Labute approximate surface area is 93.5 Å². The van der Waals surface area contributed by atoms with E-state index in [9.17, 15) is 9.59 Å². The molecule has 2 rings (SSSR count). The lowest BCUT2D eigenvalue weighted by Crippen LogP contribution is -2.25. The summed E-state index contributed by atoms with van der Waals surface area (Å²) in [6, 6.07) is 0. The van der Waals surface area contributed by atoms with Crippen molar-refractivity contribution in [3.8, 4) is 0 Å². The Morgan fingerprint density at radius 2 is 2.25 bits per heavy atom. The van der Waals surface area contributed by atoms with Crippen LogP contribution >= 0.6 is 11.8 Å². The van der Waals surface area contributed by atoms with Gasteiger partial charge in [0.2, 0.25) is 0 Å². The number of hydrogen-bond donors (Lipinski definition) is 2. The Morgan fingerprint density at radius 3 is 2.88 bits per heavy atom. The number of amides is 1. The summed E-state index contributed by atoms with van der Waals surface area (Å²) in [7, 11) is 0. The summed E-state index contributed by atoms with van der Waals surface area (Å²) in [5, 5.41) is 0.511. The lowest BCUT2D eigenvalue weighted by Gasteiger charge is -1.99. The number of hydrogen-bond acceptors (Lipinski definition) is 6. The lowest BCUT2D eigenvalue weighted by atomic mass is 10.4. The average molecular weight is 237 g/mol. The lowest BCUT2D eigenvalue weighted by molar-refractivity contribution is 0.0994. The van der Waals surface area contributed by atoms with Crippen molar-refractivity contribution in [3.63, 3.8) is 0 Å². The van der Waals surface area contributed by atoms with E-state index in [1.54, 1.807) is 0 Å². The third kappa shape index (κ3) is 1.74. The highest BCUT2D eigenvalue weighted by Crippen LogP contribution is 2.10. The fourth-order valence-electron chi connectivity index (χ4n) is 1.14. The fraction of sp³-hybridized carbons (Fsp3) is 0.125. The molecule has 2 aromatic rings. The highest BCUT2D eigenvalue weighted by molar-refractivity contribution is 7.98. The van der Waals surface area contributed by atoms with E-state index in [0.717, 1.165) is 0 Å². The van der Waals surface area contributed by atoms with Crippen LogP contribution < -0.4 is 11.3 Å². The molecule has 0 aromatic carbocycles. The van der Waals surface area contributed by atoms with Gasteiger partial charge in [0.15, 0.2) is 16.5 Å². The molecule has 2 aromatic heterocycles. The first-order chi connectivity index (χ1) is 7.61. The number of carbonyl (C=O) groups is 1. The zero-order valence-electron chi connectivity index (χ0n) is 8.22. The third-order valence-corrected chi connectivity index (χ3v) is 2.40. The number of nitrogens with zero attached hydrogens (tertiary/aromatic N) is 3. The number of rotatable bonds is 2. The largest absolute Gasteiger partial charge is 0.364 e. The molecular weight excluding hydrogens is 230 g/mol. The maximum Gasteiger partial charge on any atom is 0.281 e. The number of aromatic nitrogens is 4. The predicted octanol–water partition coefficient (Wildman–Crippen LogP) is -0.466. The Bertz CT molecular complexity index is 623. The smallest absolute Gasteiger partial charge is 0.281 e. The molecule has 0 aliphatic heterocycles. The van der Waals surface area contributed by atoms with Gasteiger partial charge in [0, 0.05) is 0 Å². The van der Waals surface area contributed by atoms with E-state index < -0.39 is 11.5 Å². The molecule has 0 unspecified atom stereocenters. The summed E-state index contributed by atoms with van der Waals surface area (Å²) in [5.74, 6) is -0.878. The molecule has 0 aliphatic carbocycles. The SMILES string of the molecule is CSc1ncc2nc(C(N)=O)c(=O)[nH]c2n1. The van der Waals surface area contributed by atoms with Gasteiger partial charge in [-0.05, 0) is 6.26 Å². The zero-order chi connectivity index (χ0) is 11.7. The molecule has 0 radical (unpaired) electrons. The first-order valence-electron chi connectivity index (χ1n) is 4.22. The van der Waals surface area contributed by atoms with E-state index in [-0.39, 0.29) is 11.3 Å². The van der Waals surface area contributed by atoms with Gasteiger partial charge in [-0.1, -0.05) is 11.8 Å². The normalized spacial score (nSPS) is 10.6. The average Bonchev–Trinajstić information content (AvgIpc) is 2.27. The van der Waals surface area contributed by atoms with Crippen LogP contribution in [0.15, 0.2) is 16.1 Å². The zero-order valence-corrected chi connectivity index (χ0v) is 9.04. The molecule has 0 saturated heterocycles. The minimum atomic E-state index is -0.878. The van der Waals surface area contributed by atoms with Gasteiger partial charge in [-0.2, -0.15) is 0 Å². The van der Waals surface area contributed by atoms with Crippen molar-refractivity contribution >= 4 is 28.8 Å². The van der Waals surface area contributed by atoms with Crippen molar-refractivity contribution in [1.29, 1.82) is 0 Å². The monoisotopic (exact) mass is 237 g/mol. The number of primary amides is 1. The molecule has 0 saturated carbocycles. The van der Waals surface area contributed by atoms with E-state index in [1.807, 2.05) is 6.26 Å². The van der Waals surface area contributed by atoms with Crippen LogP contribution in [0.3, 0.4) is 0 Å². The highest BCUT2D eigenvalue weighted by Gasteiger charge is 2.11. The van der Waals surface area contributed by atoms with Gasteiger partial charge in [0.05, 0.1) is 6.20 Å². The van der Waals surface area contributed by atoms with E-state index >= 15 is 0 Å². The summed E-state index contributed by atoms with van der Waals surface area (Å²) in [4.78, 5) is 36.5. The summed E-state index contributed by atoms with van der Waals surface area (Å²) in [6.07, 6.45) is 3.24. The van der Waals surface area contributed by atoms with Crippen molar-refractivity contribution < 1.29 is 4.79 Å². The van der Waals surface area contributed by atoms with Gasteiger partial charge in [-0.15, -0.1) is 0 Å². The number of thioether (sulfide) groups is 1. The Morgan fingerprint density at radius 1 is 1.50 bits per heavy atom. The minimum Gasteiger partial charge on any atom is -0.364 e. The number of nitrogens with two attached hydrogens (primary N) is 1. The van der Waals surface area contributed by atoms with E-state index in [4.69, 9.17) is 5.73 Å². The maximum absolute atomic E-state index is 11.4. The van der Waals surface area contributed by atoms with Crippen molar-refractivity contribution in [2.24, 2.45) is 5.73 Å². The number of carbonyl (C=O) groups excluding carboxylic acids is 1. The molecule has 82 valence electrons. The molecular formula is C8H7N5O2S. The molecule has 7 nitrogen and oxygen atoms in total. The van der Waals surface area contributed by atoms with E-state index in [2.05, 4.69) is 19.9 Å². The second kappa shape index (κ2) is 3.89. The van der Waals surface area contributed by atoms with Crippen LogP contribution in [0, 0.1) is 0 Å². The van der Waals surface area contributed by atoms with Crippen molar-refractivity contribution in [1.82, 2.24) is 19.9 Å². The Hall–Kier alpha value is -1.96. The van der Waals surface area contributed by atoms with Crippen LogP contribution in [0.25, 0.3) is 11.2 Å². The first kappa shape index (κ1) is 10.6. The number of nitrogens with one attached hydrogen (secondary N) is 1. The van der Waals surface area contributed by atoms with Crippen LogP contribution in [0.5, 0.6) is 0 Å². The summed E-state index contributed by atoms with van der Waals surface area (Å²) in [6.45, 7) is 0.